The Morgan fingerprint density at radius 3 is 1.87 bits per heavy atom. The average molecular weight is 479 g/mol. The third kappa shape index (κ3) is 16.5. The van der Waals surface area contributed by atoms with Gasteiger partial charge in [0.05, 0.1) is 6.61 Å². The van der Waals surface area contributed by atoms with Gasteiger partial charge in [-0.1, -0.05) is 60.4 Å². The minimum Gasteiger partial charge on any atom is -0.302 e. The van der Waals surface area contributed by atoms with E-state index < -0.39 is 15.6 Å². The Morgan fingerprint density at radius 1 is 0.839 bits per heavy atom. The van der Waals surface area contributed by atoms with Crippen molar-refractivity contribution >= 4 is 15.6 Å². The normalized spacial score (nSPS) is 17.8. The second kappa shape index (κ2) is 14.4. The van der Waals surface area contributed by atoms with Crippen molar-refractivity contribution in [2.24, 2.45) is 11.8 Å². The quantitative estimate of drug-likeness (QED) is 0.185. The Kier molecular flexibility index (Phi) is 14.0. The van der Waals surface area contributed by atoms with Crippen LogP contribution in [-0.4, -0.2) is 21.3 Å². The molecule has 0 heterocycles. The largest absolute Gasteiger partial charge is 0.481 e. The zero-order valence-corrected chi connectivity index (χ0v) is 21.7. The summed E-state index contributed by atoms with van der Waals surface area (Å²) in [5, 5.41) is 0. The molecule has 0 rings (SSSR count). The van der Waals surface area contributed by atoms with Gasteiger partial charge in [0.1, 0.15) is 0 Å². The first-order chi connectivity index (χ1) is 14.1. The van der Waals surface area contributed by atoms with Gasteiger partial charge in [-0.15, -0.1) is 0 Å². The van der Waals surface area contributed by atoms with E-state index >= 15 is 0 Å². The van der Waals surface area contributed by atoms with Crippen LogP contribution in [-0.2, 0) is 18.0 Å². The molecule has 0 fully saturated rings. The third-order valence-electron chi connectivity index (χ3n) is 5.11. The Labute approximate surface area is 187 Å². The van der Waals surface area contributed by atoms with Crippen molar-refractivity contribution in [3.63, 3.8) is 0 Å². The van der Waals surface area contributed by atoms with Gasteiger partial charge in [0.2, 0.25) is 0 Å². The molecule has 0 aliphatic rings. The molecular formula is C22H40O7P2. The van der Waals surface area contributed by atoms with Crippen LogP contribution in [0.1, 0.15) is 74.1 Å². The number of hydrogen-bond acceptors (Lipinski definition) is 4. The molecule has 0 aliphatic carbocycles. The lowest BCUT2D eigenvalue weighted by Gasteiger charge is -2.13. The van der Waals surface area contributed by atoms with E-state index in [1.807, 2.05) is 13.8 Å². The SMILES string of the molecule is CC(C)=CC[C@@H](C)/C(C)=C/CC/C(C)=C/C[C@@H](C)/C(C)=C/COP(=O)(O)OP(=O)(O)O. The smallest absolute Gasteiger partial charge is 0.302 e. The molecule has 0 aromatic rings. The van der Waals surface area contributed by atoms with Crippen LogP contribution in [0.2, 0.25) is 0 Å². The van der Waals surface area contributed by atoms with Crippen LogP contribution in [0, 0.1) is 11.8 Å². The lowest BCUT2D eigenvalue weighted by atomic mass is 9.95. The number of hydrogen-bond donors (Lipinski definition) is 3. The second-order valence-electron chi connectivity index (χ2n) is 8.38. The van der Waals surface area contributed by atoms with Gasteiger partial charge in [-0.3, -0.25) is 4.52 Å². The molecule has 0 radical (unpaired) electrons. The van der Waals surface area contributed by atoms with Gasteiger partial charge in [-0.25, -0.2) is 9.13 Å². The van der Waals surface area contributed by atoms with E-state index in [-0.39, 0.29) is 12.5 Å². The van der Waals surface area contributed by atoms with Crippen molar-refractivity contribution in [2.75, 3.05) is 6.61 Å². The highest BCUT2D eigenvalue weighted by Crippen LogP contribution is 2.57. The van der Waals surface area contributed by atoms with E-state index in [2.05, 4.69) is 61.7 Å². The summed E-state index contributed by atoms with van der Waals surface area (Å²) < 4.78 is 30.4. The van der Waals surface area contributed by atoms with E-state index in [1.165, 1.54) is 16.7 Å². The summed E-state index contributed by atoms with van der Waals surface area (Å²) >= 11 is 0. The van der Waals surface area contributed by atoms with Crippen LogP contribution in [0.5, 0.6) is 0 Å². The molecule has 0 bridgehead atoms. The molecule has 180 valence electrons. The number of rotatable bonds is 14. The average Bonchev–Trinajstić information content (AvgIpc) is 2.61. The third-order valence-corrected chi connectivity index (χ3v) is 7.26. The van der Waals surface area contributed by atoms with Gasteiger partial charge in [0.15, 0.2) is 0 Å². The summed E-state index contributed by atoms with van der Waals surface area (Å²) in [5.41, 5.74) is 5.03. The fourth-order valence-electron chi connectivity index (χ4n) is 2.62. The summed E-state index contributed by atoms with van der Waals surface area (Å²) in [6, 6.07) is 0. The number of allylic oxidation sites excluding steroid dienone is 7. The summed E-state index contributed by atoms with van der Waals surface area (Å²) in [7, 11) is -9.89. The van der Waals surface area contributed by atoms with Crippen molar-refractivity contribution < 1.29 is 32.6 Å². The predicted molar refractivity (Wildman–Crippen MR) is 126 cm³/mol. The standard InChI is InChI=1S/C22H40O7P2/c1-17(2)11-13-20(5)19(4)10-8-9-18(3)12-14-21(6)22(7)15-16-28-31(26,27)29-30(23,24)25/h10-12,15,20-21H,8-9,13-14,16H2,1-7H3,(H,26,27)(H2,23,24,25)/b18-12+,19-10+,22-15+/t20-,21-/m1/s1. The Bertz CT molecular complexity index is 771. The van der Waals surface area contributed by atoms with Gasteiger partial charge in [-0.2, -0.15) is 4.31 Å². The first kappa shape index (κ1) is 30.2. The maximum atomic E-state index is 11.4. The summed E-state index contributed by atoms with van der Waals surface area (Å²) in [4.78, 5) is 26.4. The molecule has 3 atom stereocenters. The van der Waals surface area contributed by atoms with Crippen LogP contribution in [0.25, 0.3) is 0 Å². The molecule has 0 saturated carbocycles. The second-order valence-corrected chi connectivity index (χ2v) is 11.2. The minimum atomic E-state index is -5.09. The van der Waals surface area contributed by atoms with Crippen LogP contribution in [0.3, 0.4) is 0 Å². The van der Waals surface area contributed by atoms with E-state index in [0.29, 0.717) is 5.92 Å². The Morgan fingerprint density at radius 2 is 1.35 bits per heavy atom. The summed E-state index contributed by atoms with van der Waals surface area (Å²) in [6.45, 7) is 14.4. The van der Waals surface area contributed by atoms with Crippen LogP contribution in [0.15, 0.2) is 46.6 Å². The molecule has 0 amide bonds. The van der Waals surface area contributed by atoms with Crippen molar-refractivity contribution in [1.29, 1.82) is 0 Å². The van der Waals surface area contributed by atoms with E-state index in [4.69, 9.17) is 9.79 Å². The number of phosphoric ester groups is 1. The van der Waals surface area contributed by atoms with Gasteiger partial charge < -0.3 is 14.7 Å². The van der Waals surface area contributed by atoms with Gasteiger partial charge >= 0.3 is 15.6 Å². The zero-order valence-electron chi connectivity index (χ0n) is 19.9. The lowest BCUT2D eigenvalue weighted by Crippen LogP contribution is -1.99. The lowest BCUT2D eigenvalue weighted by molar-refractivity contribution is 0.191. The highest BCUT2D eigenvalue weighted by molar-refractivity contribution is 7.60. The molecule has 0 aromatic carbocycles. The van der Waals surface area contributed by atoms with Crippen molar-refractivity contribution in [2.45, 2.75) is 74.1 Å². The van der Waals surface area contributed by atoms with Gasteiger partial charge in [0.25, 0.3) is 0 Å². The van der Waals surface area contributed by atoms with E-state index in [0.717, 1.165) is 31.3 Å². The molecule has 0 aromatic heterocycles. The van der Waals surface area contributed by atoms with Crippen molar-refractivity contribution in [1.82, 2.24) is 0 Å². The van der Waals surface area contributed by atoms with E-state index in [1.54, 1.807) is 6.08 Å². The topological polar surface area (TPSA) is 113 Å². The molecular weight excluding hydrogens is 438 g/mol. The van der Waals surface area contributed by atoms with Crippen LogP contribution >= 0.6 is 15.6 Å². The van der Waals surface area contributed by atoms with Crippen molar-refractivity contribution in [3.8, 4) is 0 Å². The molecule has 0 spiro atoms. The van der Waals surface area contributed by atoms with E-state index in [9.17, 15) is 14.0 Å². The van der Waals surface area contributed by atoms with Gasteiger partial charge in [0, 0.05) is 0 Å². The monoisotopic (exact) mass is 478 g/mol. The maximum absolute atomic E-state index is 11.4. The minimum absolute atomic E-state index is 0.195. The zero-order chi connectivity index (χ0) is 24.2. The first-order valence-corrected chi connectivity index (χ1v) is 13.5. The summed E-state index contributed by atoms with van der Waals surface area (Å²) in [6.07, 6.45) is 12.3. The molecule has 3 N–H and O–H groups in total. The van der Waals surface area contributed by atoms with Gasteiger partial charge in [-0.05, 0) is 72.1 Å². The molecule has 31 heavy (non-hydrogen) atoms. The molecule has 9 heteroatoms. The Balaban J connectivity index is 4.51. The number of phosphoric acid groups is 2. The highest BCUT2D eigenvalue weighted by Gasteiger charge is 2.31. The van der Waals surface area contributed by atoms with Crippen molar-refractivity contribution in [3.05, 3.63) is 46.6 Å². The summed E-state index contributed by atoms with van der Waals surface area (Å²) in [5.74, 6) is 0.747. The molecule has 7 nitrogen and oxygen atoms in total. The Hall–Kier alpha value is -0.780. The van der Waals surface area contributed by atoms with Crippen LogP contribution < -0.4 is 0 Å². The fraction of sp³-hybridized carbons (Fsp3) is 0.636. The molecule has 0 aliphatic heterocycles. The molecule has 0 saturated heterocycles. The maximum Gasteiger partial charge on any atom is 0.481 e. The first-order valence-electron chi connectivity index (χ1n) is 10.5. The predicted octanol–water partition coefficient (Wildman–Crippen LogP) is 6.85. The van der Waals surface area contributed by atoms with Crippen LogP contribution in [0.4, 0.5) is 0 Å². The highest BCUT2D eigenvalue weighted by atomic mass is 31.3. The fourth-order valence-corrected chi connectivity index (χ4v) is 4.14. The molecule has 1 unspecified atom stereocenters.